The molecule has 11 atom stereocenters. The van der Waals surface area contributed by atoms with Crippen molar-refractivity contribution >= 4 is 17.9 Å². The van der Waals surface area contributed by atoms with Gasteiger partial charge >= 0.3 is 17.9 Å². The van der Waals surface area contributed by atoms with E-state index >= 15 is 0 Å². The first-order chi connectivity index (χ1) is 17.4. The fraction of sp³-hybridized carbons (Fsp3) is 0.897. The Bertz CT molecular complexity index is 996. The molecule has 6 rings (SSSR count). The second-order valence-electron chi connectivity index (χ2n) is 13.7. The Balaban J connectivity index is 1.34. The fourth-order valence-corrected chi connectivity index (χ4v) is 10.3. The first kappa shape index (κ1) is 25.6. The summed E-state index contributed by atoms with van der Waals surface area (Å²) in [7, 11) is 0. The molecule has 8 nitrogen and oxygen atoms in total. The van der Waals surface area contributed by atoms with Gasteiger partial charge in [-0.05, 0) is 73.5 Å². The van der Waals surface area contributed by atoms with Crippen molar-refractivity contribution in [1.29, 1.82) is 0 Å². The molecular formula is C29H42O8. The summed E-state index contributed by atoms with van der Waals surface area (Å²) in [4.78, 5) is 36.2. The van der Waals surface area contributed by atoms with Crippen molar-refractivity contribution in [2.24, 2.45) is 39.9 Å². The van der Waals surface area contributed by atoms with E-state index in [1.807, 2.05) is 0 Å². The molecule has 0 aromatic carbocycles. The number of ether oxygens (including phenoxy) is 5. The Kier molecular flexibility index (Phi) is 5.82. The van der Waals surface area contributed by atoms with E-state index in [2.05, 4.69) is 20.8 Å². The van der Waals surface area contributed by atoms with Crippen LogP contribution in [0.3, 0.4) is 0 Å². The number of carbonyl (C=O) groups is 3. The third kappa shape index (κ3) is 3.64. The summed E-state index contributed by atoms with van der Waals surface area (Å²) in [5.41, 5.74) is -0.897. The predicted octanol–water partition coefficient (Wildman–Crippen LogP) is 4.52. The van der Waals surface area contributed by atoms with Crippen LogP contribution in [-0.2, 0) is 38.1 Å². The van der Waals surface area contributed by atoms with Gasteiger partial charge in [0.05, 0.1) is 13.0 Å². The highest BCUT2D eigenvalue weighted by atomic mass is 16.8. The van der Waals surface area contributed by atoms with Crippen molar-refractivity contribution in [2.45, 2.75) is 117 Å². The van der Waals surface area contributed by atoms with Gasteiger partial charge in [-0.15, -0.1) is 0 Å². The third-order valence-corrected chi connectivity index (χ3v) is 11.7. The normalized spacial score (nSPS) is 52.0. The average Bonchev–Trinajstić information content (AvgIpc) is 3.26. The summed E-state index contributed by atoms with van der Waals surface area (Å²) < 4.78 is 29.9. The van der Waals surface area contributed by atoms with Crippen LogP contribution in [-0.4, -0.2) is 48.8 Å². The third-order valence-electron chi connectivity index (χ3n) is 11.7. The van der Waals surface area contributed by atoms with Crippen molar-refractivity contribution in [3.63, 3.8) is 0 Å². The van der Waals surface area contributed by atoms with Crippen LogP contribution in [0.15, 0.2) is 0 Å². The molecule has 37 heavy (non-hydrogen) atoms. The number of rotatable bonds is 3. The van der Waals surface area contributed by atoms with E-state index in [9.17, 15) is 14.4 Å². The molecule has 0 radical (unpaired) electrons. The summed E-state index contributed by atoms with van der Waals surface area (Å²) >= 11 is 0. The number of hydrogen-bond donors (Lipinski definition) is 0. The lowest BCUT2D eigenvalue weighted by Crippen LogP contribution is -2.61. The summed E-state index contributed by atoms with van der Waals surface area (Å²) in [5, 5.41) is 0. The molecule has 0 aromatic rings. The second-order valence-corrected chi connectivity index (χ2v) is 13.7. The Labute approximate surface area is 219 Å². The molecule has 1 spiro atoms. The van der Waals surface area contributed by atoms with Crippen LogP contribution in [0.1, 0.15) is 92.4 Å². The molecule has 3 aliphatic heterocycles. The average molecular weight is 519 g/mol. The topological polar surface area (TPSA) is 97.4 Å². The van der Waals surface area contributed by atoms with Gasteiger partial charge in [-0.25, -0.2) is 0 Å². The zero-order chi connectivity index (χ0) is 26.4. The molecule has 3 saturated heterocycles. The highest BCUT2D eigenvalue weighted by Crippen LogP contribution is 2.71. The summed E-state index contributed by atoms with van der Waals surface area (Å²) in [5.74, 6) is 0.468. The molecule has 8 heteroatoms. The molecule has 6 aliphatic rings. The van der Waals surface area contributed by atoms with Gasteiger partial charge in [0.25, 0.3) is 0 Å². The minimum atomic E-state index is -1.05. The Hall–Kier alpha value is -1.67. The Morgan fingerprint density at radius 3 is 2.49 bits per heavy atom. The van der Waals surface area contributed by atoms with Gasteiger partial charge in [0.2, 0.25) is 6.29 Å². The van der Waals surface area contributed by atoms with Crippen LogP contribution in [0, 0.1) is 39.9 Å². The van der Waals surface area contributed by atoms with E-state index in [1.54, 1.807) is 0 Å². The van der Waals surface area contributed by atoms with Crippen molar-refractivity contribution in [2.75, 3.05) is 6.61 Å². The van der Waals surface area contributed by atoms with Crippen LogP contribution < -0.4 is 0 Å². The standard InChI is InChI=1S/C29H42O8/c1-16(30)33-15-26(3)10-6-11-28(5)20(26)9-12-27(4)19-13-22(34-17(2)31)29-14-23(32)35-25(29)36-24(37-29)18(19)7-8-21(27)28/h18-22,24-25H,6-15H2,1-5H3/t18-,19+,20?,21-,22+,24+,25+,26+,27-,28-,29-/m0/s1. The molecule has 206 valence electrons. The van der Waals surface area contributed by atoms with Gasteiger partial charge in [0, 0.05) is 25.2 Å². The van der Waals surface area contributed by atoms with Crippen molar-refractivity contribution in [1.82, 2.24) is 0 Å². The lowest BCUT2D eigenvalue weighted by molar-refractivity contribution is -0.226. The van der Waals surface area contributed by atoms with E-state index in [4.69, 9.17) is 23.7 Å². The highest BCUT2D eigenvalue weighted by Gasteiger charge is 2.71. The predicted molar refractivity (Wildman–Crippen MR) is 131 cm³/mol. The van der Waals surface area contributed by atoms with Gasteiger partial charge < -0.3 is 23.7 Å². The quantitative estimate of drug-likeness (QED) is 0.397. The van der Waals surface area contributed by atoms with Crippen molar-refractivity contribution in [3.05, 3.63) is 0 Å². The van der Waals surface area contributed by atoms with Gasteiger partial charge in [-0.3, -0.25) is 14.4 Å². The van der Waals surface area contributed by atoms with E-state index in [1.165, 1.54) is 20.3 Å². The minimum absolute atomic E-state index is 0.0143. The van der Waals surface area contributed by atoms with E-state index in [0.717, 1.165) is 38.5 Å². The lowest BCUT2D eigenvalue weighted by Gasteiger charge is -2.67. The monoisotopic (exact) mass is 518 g/mol. The summed E-state index contributed by atoms with van der Waals surface area (Å²) in [6, 6.07) is 0. The zero-order valence-corrected chi connectivity index (χ0v) is 22.9. The number of hydrogen-bond acceptors (Lipinski definition) is 8. The molecule has 3 heterocycles. The van der Waals surface area contributed by atoms with Crippen LogP contribution >= 0.6 is 0 Å². The number of esters is 3. The molecule has 2 bridgehead atoms. The highest BCUT2D eigenvalue weighted by molar-refractivity contribution is 5.74. The molecule has 0 aromatic heterocycles. The van der Waals surface area contributed by atoms with Gasteiger partial charge in [-0.1, -0.05) is 27.2 Å². The van der Waals surface area contributed by atoms with Crippen LogP contribution in [0.25, 0.3) is 0 Å². The molecule has 6 fully saturated rings. The van der Waals surface area contributed by atoms with Crippen LogP contribution in [0.5, 0.6) is 0 Å². The van der Waals surface area contributed by atoms with Crippen molar-refractivity contribution < 1.29 is 38.1 Å². The summed E-state index contributed by atoms with van der Waals surface area (Å²) in [6.45, 7) is 10.7. The Morgan fingerprint density at radius 1 is 0.973 bits per heavy atom. The molecule has 3 aliphatic carbocycles. The zero-order valence-electron chi connectivity index (χ0n) is 22.9. The summed E-state index contributed by atoms with van der Waals surface area (Å²) in [6.07, 6.45) is 6.51. The van der Waals surface area contributed by atoms with Gasteiger partial charge in [0.1, 0.15) is 6.10 Å². The largest absolute Gasteiger partial charge is 0.465 e. The first-order valence-electron chi connectivity index (χ1n) is 14.2. The SMILES string of the molecule is CC(=O)OC[C@@]1(C)CCC[C@@]2(C)C1CC[C@@]1(C)[C@@H]3C[C@@H](OC(C)=O)[C@@]45CC(=O)O[C@@H]4O[C@H](O5)[C@H]3CC[C@@H]12. The van der Waals surface area contributed by atoms with Crippen LogP contribution in [0.2, 0.25) is 0 Å². The van der Waals surface area contributed by atoms with Gasteiger partial charge in [-0.2, -0.15) is 0 Å². The van der Waals surface area contributed by atoms with Gasteiger partial charge in [0.15, 0.2) is 11.9 Å². The Morgan fingerprint density at radius 2 is 1.76 bits per heavy atom. The van der Waals surface area contributed by atoms with E-state index in [-0.39, 0.29) is 52.4 Å². The van der Waals surface area contributed by atoms with E-state index in [0.29, 0.717) is 24.9 Å². The van der Waals surface area contributed by atoms with E-state index < -0.39 is 24.3 Å². The fourth-order valence-electron chi connectivity index (χ4n) is 10.3. The van der Waals surface area contributed by atoms with Crippen molar-refractivity contribution in [3.8, 4) is 0 Å². The lowest BCUT2D eigenvalue weighted by atomic mass is 9.38. The molecule has 1 unspecified atom stereocenters. The maximum Gasteiger partial charge on any atom is 0.311 e. The second kappa shape index (κ2) is 8.41. The molecule has 0 amide bonds. The van der Waals surface area contributed by atoms with Crippen LogP contribution in [0.4, 0.5) is 0 Å². The first-order valence-corrected chi connectivity index (χ1v) is 14.2. The maximum atomic E-state index is 12.3. The molecule has 3 saturated carbocycles. The smallest absolute Gasteiger partial charge is 0.311 e. The minimum Gasteiger partial charge on any atom is -0.465 e. The number of fused-ring (bicyclic) bond motifs is 7. The molecular weight excluding hydrogens is 476 g/mol. The molecule has 0 N–H and O–H groups in total. The number of carbonyl (C=O) groups excluding carboxylic acids is 3. The maximum absolute atomic E-state index is 12.3.